The Labute approximate surface area is 91.9 Å². The van der Waals surface area contributed by atoms with Crippen LogP contribution in [0.5, 0.6) is 0 Å². The smallest absolute Gasteiger partial charge is 0.266 e. The van der Waals surface area contributed by atoms with Gasteiger partial charge in [-0.2, -0.15) is 17.5 Å². The van der Waals surface area contributed by atoms with Gasteiger partial charge in [0.2, 0.25) is 0 Å². The van der Waals surface area contributed by atoms with Crippen molar-refractivity contribution in [3.8, 4) is 11.3 Å². The Kier molecular flexibility index (Phi) is 2.55. The van der Waals surface area contributed by atoms with E-state index in [4.69, 9.17) is 0 Å². The summed E-state index contributed by atoms with van der Waals surface area (Å²) in [4.78, 5) is 11.2. The van der Waals surface area contributed by atoms with Crippen LogP contribution in [0.3, 0.4) is 0 Å². The van der Waals surface area contributed by atoms with Crippen LogP contribution in [0.2, 0.25) is 0 Å². The molecule has 0 amide bonds. The highest BCUT2D eigenvalue weighted by Crippen LogP contribution is 2.31. The van der Waals surface area contributed by atoms with Gasteiger partial charge >= 0.3 is 6.18 Å². The maximum Gasteiger partial charge on any atom is 0.416 e. The van der Waals surface area contributed by atoms with E-state index in [9.17, 15) is 18.0 Å². The molecule has 3 nitrogen and oxygen atoms in total. The molecule has 0 bridgehead atoms. The predicted octanol–water partition coefficient (Wildman–Crippen LogP) is 2.52. The lowest BCUT2D eigenvalue weighted by atomic mass is 10.1. The quantitative estimate of drug-likeness (QED) is 0.840. The Morgan fingerprint density at radius 3 is 2.62 bits per heavy atom. The highest BCUT2D eigenvalue weighted by atomic mass is 32.1. The summed E-state index contributed by atoms with van der Waals surface area (Å²) in [7, 11) is 0. The molecule has 0 fully saturated rings. The van der Waals surface area contributed by atoms with Crippen LogP contribution in [0.4, 0.5) is 13.2 Å². The molecule has 1 heterocycles. The Morgan fingerprint density at radius 1 is 1.31 bits per heavy atom. The highest BCUT2D eigenvalue weighted by Gasteiger charge is 2.30. The van der Waals surface area contributed by atoms with E-state index >= 15 is 0 Å². The molecular formula is C9H5F3N2OS. The van der Waals surface area contributed by atoms with Crippen LogP contribution in [-0.2, 0) is 6.18 Å². The van der Waals surface area contributed by atoms with Crippen LogP contribution < -0.4 is 5.56 Å². The van der Waals surface area contributed by atoms with Crippen LogP contribution in [0.25, 0.3) is 11.3 Å². The molecule has 1 N–H and O–H groups in total. The van der Waals surface area contributed by atoms with Crippen LogP contribution in [0, 0.1) is 0 Å². The summed E-state index contributed by atoms with van der Waals surface area (Å²) in [5.41, 5.74) is -1.10. The van der Waals surface area contributed by atoms with Gasteiger partial charge in [0.15, 0.2) is 5.69 Å². The number of rotatable bonds is 1. The van der Waals surface area contributed by atoms with Crippen molar-refractivity contribution in [2.24, 2.45) is 0 Å². The van der Waals surface area contributed by atoms with Crippen molar-refractivity contribution in [3.63, 3.8) is 0 Å². The van der Waals surface area contributed by atoms with E-state index in [0.717, 1.165) is 23.9 Å². The number of aromatic amines is 1. The van der Waals surface area contributed by atoms with Crippen LogP contribution in [0.15, 0.2) is 29.1 Å². The fourth-order valence-electron chi connectivity index (χ4n) is 1.23. The largest absolute Gasteiger partial charge is 0.416 e. The predicted molar refractivity (Wildman–Crippen MR) is 53.2 cm³/mol. The molecule has 1 aromatic heterocycles. The minimum absolute atomic E-state index is 0.0103. The average molecular weight is 246 g/mol. The van der Waals surface area contributed by atoms with Gasteiger partial charge in [0, 0.05) is 17.3 Å². The van der Waals surface area contributed by atoms with Crippen LogP contribution in [0.1, 0.15) is 5.56 Å². The second-order valence-corrected chi connectivity index (χ2v) is 3.61. The molecule has 1 aromatic carbocycles. The first-order chi connectivity index (χ1) is 7.48. The Morgan fingerprint density at radius 2 is 2.06 bits per heavy atom. The number of hydrogen-bond donors (Lipinski definition) is 1. The summed E-state index contributed by atoms with van der Waals surface area (Å²) in [6.45, 7) is 0. The van der Waals surface area contributed by atoms with E-state index < -0.39 is 17.3 Å². The topological polar surface area (TPSA) is 45.8 Å². The lowest BCUT2D eigenvalue weighted by Gasteiger charge is -2.06. The lowest BCUT2D eigenvalue weighted by molar-refractivity contribution is -0.137. The average Bonchev–Trinajstić information content (AvgIpc) is 2.63. The number of benzene rings is 1. The van der Waals surface area contributed by atoms with E-state index in [-0.39, 0.29) is 11.3 Å². The molecule has 16 heavy (non-hydrogen) atoms. The zero-order valence-electron chi connectivity index (χ0n) is 7.71. The second-order valence-electron chi connectivity index (χ2n) is 3.04. The third-order valence-corrected chi connectivity index (χ3v) is 2.50. The third-order valence-electron chi connectivity index (χ3n) is 1.95. The van der Waals surface area contributed by atoms with Crippen molar-refractivity contribution in [1.82, 2.24) is 8.75 Å². The van der Waals surface area contributed by atoms with E-state index in [1.807, 2.05) is 0 Å². The molecule has 0 spiro atoms. The Balaban J connectivity index is 2.53. The summed E-state index contributed by atoms with van der Waals surface area (Å²) in [6.07, 6.45) is -4.42. The maximum atomic E-state index is 12.4. The number of halogens is 3. The van der Waals surface area contributed by atoms with Gasteiger partial charge in [-0.05, 0) is 12.1 Å². The Hall–Kier alpha value is -1.63. The van der Waals surface area contributed by atoms with E-state index in [2.05, 4.69) is 8.75 Å². The fourth-order valence-corrected chi connectivity index (χ4v) is 1.73. The van der Waals surface area contributed by atoms with Crippen molar-refractivity contribution in [2.45, 2.75) is 6.18 Å². The van der Waals surface area contributed by atoms with Crippen molar-refractivity contribution >= 4 is 11.7 Å². The summed E-state index contributed by atoms with van der Waals surface area (Å²) in [5.74, 6) is 0. The molecule has 0 saturated carbocycles. The summed E-state index contributed by atoms with van der Waals surface area (Å²) in [6, 6.07) is 4.52. The maximum absolute atomic E-state index is 12.4. The minimum atomic E-state index is -4.42. The molecule has 0 aliphatic rings. The first kappa shape index (κ1) is 10.9. The molecule has 0 radical (unpaired) electrons. The molecule has 0 saturated heterocycles. The third kappa shape index (κ3) is 1.99. The molecule has 0 unspecified atom stereocenters. The SMILES string of the molecule is O=c1[nH]snc1-c1cccc(C(F)(F)F)c1. The van der Waals surface area contributed by atoms with Gasteiger partial charge in [0.05, 0.1) is 5.56 Å². The standard InChI is InChI=1S/C9H5F3N2OS/c10-9(11,12)6-3-1-2-5(4-6)7-8(15)14-16-13-7/h1-4H,(H,14,15). The summed E-state index contributed by atoms with van der Waals surface area (Å²) < 4.78 is 43.3. The van der Waals surface area contributed by atoms with E-state index in [1.165, 1.54) is 12.1 Å². The van der Waals surface area contributed by atoms with Crippen LogP contribution in [-0.4, -0.2) is 8.75 Å². The second kappa shape index (κ2) is 3.75. The molecule has 0 aliphatic carbocycles. The van der Waals surface area contributed by atoms with Gasteiger partial charge in [-0.15, -0.1) is 0 Å². The lowest BCUT2D eigenvalue weighted by Crippen LogP contribution is -2.06. The Bertz CT molecular complexity index is 558. The number of aromatic nitrogens is 2. The molecule has 84 valence electrons. The van der Waals surface area contributed by atoms with Gasteiger partial charge in [-0.1, -0.05) is 12.1 Å². The first-order valence-corrected chi connectivity index (χ1v) is 4.98. The summed E-state index contributed by atoms with van der Waals surface area (Å²) in [5, 5.41) is 0. The van der Waals surface area contributed by atoms with Crippen LogP contribution >= 0.6 is 11.7 Å². The van der Waals surface area contributed by atoms with Crippen molar-refractivity contribution in [2.75, 3.05) is 0 Å². The number of nitrogens with zero attached hydrogens (tertiary/aromatic N) is 1. The van der Waals surface area contributed by atoms with Crippen molar-refractivity contribution in [1.29, 1.82) is 0 Å². The molecule has 2 aromatic rings. The van der Waals surface area contributed by atoms with E-state index in [1.54, 1.807) is 0 Å². The molecule has 2 rings (SSSR count). The summed E-state index contributed by atoms with van der Waals surface area (Å²) >= 11 is 0.806. The highest BCUT2D eigenvalue weighted by molar-refractivity contribution is 6.99. The van der Waals surface area contributed by atoms with Gasteiger partial charge in [-0.25, -0.2) is 0 Å². The molecule has 0 aliphatic heterocycles. The first-order valence-electron chi connectivity index (χ1n) is 4.20. The minimum Gasteiger partial charge on any atom is -0.266 e. The normalized spacial score (nSPS) is 11.7. The van der Waals surface area contributed by atoms with Gasteiger partial charge in [-0.3, -0.25) is 9.17 Å². The number of hydrogen-bond acceptors (Lipinski definition) is 3. The molecular weight excluding hydrogens is 241 g/mol. The van der Waals surface area contributed by atoms with Gasteiger partial charge < -0.3 is 0 Å². The molecule has 7 heteroatoms. The number of H-pyrrole nitrogens is 1. The fraction of sp³-hybridized carbons (Fsp3) is 0.111. The number of nitrogens with one attached hydrogen (secondary N) is 1. The zero-order chi connectivity index (χ0) is 11.8. The van der Waals surface area contributed by atoms with Crippen molar-refractivity contribution in [3.05, 3.63) is 40.2 Å². The van der Waals surface area contributed by atoms with Crippen molar-refractivity contribution < 1.29 is 13.2 Å². The van der Waals surface area contributed by atoms with Gasteiger partial charge in [0.1, 0.15) is 0 Å². The molecule has 0 atom stereocenters. The monoisotopic (exact) mass is 246 g/mol. The van der Waals surface area contributed by atoms with E-state index in [0.29, 0.717) is 0 Å². The zero-order valence-corrected chi connectivity index (χ0v) is 8.52. The number of alkyl halides is 3. The van der Waals surface area contributed by atoms with Gasteiger partial charge in [0.25, 0.3) is 5.56 Å².